The molecule has 3 N–H and O–H groups in total. The lowest BCUT2D eigenvalue weighted by Crippen LogP contribution is -2.26. The van der Waals surface area contributed by atoms with Crippen molar-refractivity contribution >= 4 is 27.7 Å². The first-order valence-electron chi connectivity index (χ1n) is 6.49. The molecule has 21 heavy (non-hydrogen) atoms. The molecule has 120 valence electrons. The molecular formula is C12H21N3O4S2. The van der Waals surface area contributed by atoms with E-state index < -0.39 is 10.0 Å². The van der Waals surface area contributed by atoms with Gasteiger partial charge in [-0.25, -0.2) is 13.1 Å². The number of hydrogen-bond donors (Lipinski definition) is 3. The van der Waals surface area contributed by atoms with Gasteiger partial charge in [0.05, 0.1) is 0 Å². The van der Waals surface area contributed by atoms with Gasteiger partial charge in [0, 0.05) is 39.2 Å². The Morgan fingerprint density at radius 2 is 2.14 bits per heavy atom. The molecule has 0 unspecified atom stereocenters. The Bertz CT molecular complexity index is 569. The van der Waals surface area contributed by atoms with Crippen LogP contribution in [0.3, 0.4) is 0 Å². The van der Waals surface area contributed by atoms with Gasteiger partial charge in [-0.3, -0.25) is 4.79 Å². The molecule has 0 aliphatic carbocycles. The number of thioether (sulfide) groups is 1. The van der Waals surface area contributed by atoms with E-state index in [0.29, 0.717) is 18.7 Å². The van der Waals surface area contributed by atoms with Crippen LogP contribution in [0, 0.1) is 0 Å². The van der Waals surface area contributed by atoms with Gasteiger partial charge in [-0.15, -0.1) is 0 Å². The van der Waals surface area contributed by atoms with Crippen LogP contribution in [0.2, 0.25) is 0 Å². The second-order valence-electron chi connectivity index (χ2n) is 4.34. The zero-order valence-electron chi connectivity index (χ0n) is 12.1. The van der Waals surface area contributed by atoms with Crippen molar-refractivity contribution in [3.8, 4) is 0 Å². The van der Waals surface area contributed by atoms with E-state index in [4.69, 9.17) is 5.11 Å². The largest absolute Gasteiger partial charge is 0.396 e. The maximum absolute atomic E-state index is 12.1. The van der Waals surface area contributed by atoms with Crippen LogP contribution in [0.4, 0.5) is 0 Å². The van der Waals surface area contributed by atoms with Crippen molar-refractivity contribution in [2.75, 3.05) is 31.7 Å². The van der Waals surface area contributed by atoms with Crippen molar-refractivity contribution < 1.29 is 18.3 Å². The molecule has 0 aliphatic rings. The predicted molar refractivity (Wildman–Crippen MR) is 83.0 cm³/mol. The number of aromatic nitrogens is 1. The van der Waals surface area contributed by atoms with Crippen LogP contribution in [0.1, 0.15) is 16.9 Å². The molecule has 9 heteroatoms. The van der Waals surface area contributed by atoms with E-state index in [-0.39, 0.29) is 23.1 Å². The van der Waals surface area contributed by atoms with Crippen LogP contribution < -0.4 is 10.0 Å². The van der Waals surface area contributed by atoms with Crippen molar-refractivity contribution in [3.63, 3.8) is 0 Å². The molecule has 0 spiro atoms. The third-order valence-electron chi connectivity index (χ3n) is 2.74. The molecule has 0 aliphatic heterocycles. The van der Waals surface area contributed by atoms with Gasteiger partial charge in [0.1, 0.15) is 10.6 Å². The first-order valence-corrected chi connectivity index (χ1v) is 9.13. The summed E-state index contributed by atoms with van der Waals surface area (Å²) in [6.45, 7) is 0.452. The molecular weight excluding hydrogens is 314 g/mol. The van der Waals surface area contributed by atoms with Gasteiger partial charge < -0.3 is 15.0 Å². The van der Waals surface area contributed by atoms with Crippen LogP contribution >= 0.6 is 11.8 Å². The Hall–Kier alpha value is -1.03. The van der Waals surface area contributed by atoms with Gasteiger partial charge in [-0.1, -0.05) is 0 Å². The topological polar surface area (TPSA) is 100 Å². The minimum absolute atomic E-state index is 0.0731. The third kappa shape index (κ3) is 5.34. The Morgan fingerprint density at radius 3 is 2.76 bits per heavy atom. The van der Waals surface area contributed by atoms with Gasteiger partial charge >= 0.3 is 0 Å². The smallest absolute Gasteiger partial charge is 0.267 e. The van der Waals surface area contributed by atoms with Crippen LogP contribution in [-0.2, 0) is 17.1 Å². The highest BCUT2D eigenvalue weighted by molar-refractivity contribution is 7.99. The highest BCUT2D eigenvalue weighted by Crippen LogP contribution is 2.13. The number of nitrogens with one attached hydrogen (secondary N) is 2. The second-order valence-corrected chi connectivity index (χ2v) is 7.33. The average Bonchev–Trinajstić information content (AvgIpc) is 2.84. The first kappa shape index (κ1) is 18.0. The lowest BCUT2D eigenvalue weighted by Gasteiger charge is -2.04. The van der Waals surface area contributed by atoms with Gasteiger partial charge in [-0.05, 0) is 18.2 Å². The standard InChI is InChI=1S/C12H21N3O4S2/c1-13-12(17)11-8-10(9-15(11)2)21(18,19)14-4-7-20-6-3-5-16/h8-9,14,16H,3-7H2,1-2H3,(H,13,17). The molecule has 1 aromatic rings. The maximum Gasteiger partial charge on any atom is 0.267 e. The molecule has 0 radical (unpaired) electrons. The van der Waals surface area contributed by atoms with E-state index in [1.165, 1.54) is 23.9 Å². The summed E-state index contributed by atoms with van der Waals surface area (Å²) in [6, 6.07) is 1.35. The van der Waals surface area contributed by atoms with Gasteiger partial charge in [-0.2, -0.15) is 11.8 Å². The SMILES string of the molecule is CNC(=O)c1cc(S(=O)(=O)NCCSCCCO)cn1C. The summed E-state index contributed by atoms with van der Waals surface area (Å²) in [5.74, 6) is 1.09. The number of aryl methyl sites for hydroxylation is 1. The summed E-state index contributed by atoms with van der Waals surface area (Å²) in [7, 11) is -0.499. The number of carbonyl (C=O) groups is 1. The summed E-state index contributed by atoms with van der Waals surface area (Å²) in [6.07, 6.45) is 2.11. The lowest BCUT2D eigenvalue weighted by atomic mass is 10.4. The molecule has 0 saturated heterocycles. The summed E-state index contributed by atoms with van der Waals surface area (Å²) < 4.78 is 28.2. The van der Waals surface area contributed by atoms with Gasteiger partial charge in [0.15, 0.2) is 0 Å². The monoisotopic (exact) mass is 335 g/mol. The Kier molecular flexibility index (Phi) is 7.23. The van der Waals surface area contributed by atoms with E-state index in [1.54, 1.807) is 18.8 Å². The number of rotatable bonds is 9. The molecule has 0 aromatic carbocycles. The summed E-state index contributed by atoms with van der Waals surface area (Å²) >= 11 is 1.57. The molecule has 0 bridgehead atoms. The number of carbonyl (C=O) groups excluding carboxylic acids is 1. The van der Waals surface area contributed by atoms with Crippen molar-refractivity contribution in [1.82, 2.24) is 14.6 Å². The number of aliphatic hydroxyl groups is 1. The van der Waals surface area contributed by atoms with Crippen LogP contribution in [0.5, 0.6) is 0 Å². The number of sulfonamides is 1. The summed E-state index contributed by atoms with van der Waals surface area (Å²) in [4.78, 5) is 11.6. The van der Waals surface area contributed by atoms with Crippen molar-refractivity contribution in [1.29, 1.82) is 0 Å². The normalized spacial score (nSPS) is 11.6. The number of hydrogen-bond acceptors (Lipinski definition) is 5. The average molecular weight is 335 g/mol. The van der Waals surface area contributed by atoms with E-state index in [9.17, 15) is 13.2 Å². The summed E-state index contributed by atoms with van der Waals surface area (Å²) in [5.41, 5.74) is 0.287. The Morgan fingerprint density at radius 1 is 1.43 bits per heavy atom. The third-order valence-corrected chi connectivity index (χ3v) is 5.23. The van der Waals surface area contributed by atoms with Crippen LogP contribution in [-0.4, -0.2) is 55.7 Å². The fourth-order valence-electron chi connectivity index (χ4n) is 1.64. The zero-order chi connectivity index (χ0) is 15.9. The van der Waals surface area contributed by atoms with Crippen LogP contribution in [0.15, 0.2) is 17.2 Å². The molecule has 0 saturated carbocycles. The van der Waals surface area contributed by atoms with E-state index in [1.807, 2.05) is 0 Å². The molecule has 1 heterocycles. The molecule has 1 amide bonds. The maximum atomic E-state index is 12.1. The first-order chi connectivity index (χ1) is 9.92. The van der Waals surface area contributed by atoms with E-state index in [2.05, 4.69) is 10.0 Å². The van der Waals surface area contributed by atoms with E-state index in [0.717, 1.165) is 5.75 Å². The number of amides is 1. The second kappa shape index (κ2) is 8.42. The lowest BCUT2D eigenvalue weighted by molar-refractivity contribution is 0.0955. The molecule has 1 rings (SSSR count). The van der Waals surface area contributed by atoms with Gasteiger partial charge in [0.25, 0.3) is 5.91 Å². The molecule has 1 aromatic heterocycles. The van der Waals surface area contributed by atoms with Crippen molar-refractivity contribution in [3.05, 3.63) is 18.0 Å². The Balaban J connectivity index is 2.60. The molecule has 0 atom stereocenters. The minimum atomic E-state index is -3.61. The minimum Gasteiger partial charge on any atom is -0.396 e. The predicted octanol–water partition coefficient (Wildman–Crippen LogP) is -0.221. The van der Waals surface area contributed by atoms with Crippen molar-refractivity contribution in [2.45, 2.75) is 11.3 Å². The van der Waals surface area contributed by atoms with Crippen molar-refractivity contribution in [2.24, 2.45) is 7.05 Å². The number of aliphatic hydroxyl groups excluding tert-OH is 1. The quantitative estimate of drug-likeness (QED) is 0.542. The highest BCUT2D eigenvalue weighted by Gasteiger charge is 2.19. The van der Waals surface area contributed by atoms with Crippen LogP contribution in [0.25, 0.3) is 0 Å². The number of nitrogens with zero attached hydrogens (tertiary/aromatic N) is 1. The summed E-state index contributed by atoms with van der Waals surface area (Å²) in [5, 5.41) is 11.1. The molecule has 7 nitrogen and oxygen atoms in total. The van der Waals surface area contributed by atoms with E-state index >= 15 is 0 Å². The fourth-order valence-corrected chi connectivity index (χ4v) is 3.65. The Labute approximate surface area is 129 Å². The highest BCUT2D eigenvalue weighted by atomic mass is 32.2. The van der Waals surface area contributed by atoms with Gasteiger partial charge in [0.2, 0.25) is 10.0 Å². The fraction of sp³-hybridized carbons (Fsp3) is 0.583. The molecule has 0 fully saturated rings. The zero-order valence-corrected chi connectivity index (χ0v) is 13.8.